The molecule has 0 N–H and O–H groups in total. The Bertz CT molecular complexity index is 944. The maximum atomic E-state index is 12.0. The first-order chi connectivity index (χ1) is 12.0. The van der Waals surface area contributed by atoms with Crippen LogP contribution in [0.5, 0.6) is 0 Å². The van der Waals surface area contributed by atoms with Gasteiger partial charge in [-0.05, 0) is 26.0 Å². The van der Waals surface area contributed by atoms with Crippen LogP contribution in [0, 0.1) is 13.8 Å². The van der Waals surface area contributed by atoms with E-state index in [1.807, 2.05) is 13.8 Å². The summed E-state index contributed by atoms with van der Waals surface area (Å²) in [5.41, 5.74) is 2.58. The molecule has 0 spiro atoms. The average molecular weight is 359 g/mol. The summed E-state index contributed by atoms with van der Waals surface area (Å²) < 4.78 is 11.7. The Morgan fingerprint density at radius 1 is 1.36 bits per heavy atom. The second kappa shape index (κ2) is 7.52. The molecule has 0 saturated heterocycles. The van der Waals surface area contributed by atoms with E-state index < -0.39 is 0 Å². The number of aromatic nitrogens is 3. The minimum Gasteiger partial charge on any atom is -0.459 e. The fraction of sp³-hybridized carbons (Fsp3) is 0.294. The number of thioether (sulfide) groups is 1. The number of pyridine rings is 1. The Balaban J connectivity index is 1.53. The summed E-state index contributed by atoms with van der Waals surface area (Å²) in [7, 11) is 0. The van der Waals surface area contributed by atoms with Crippen LogP contribution in [0.3, 0.4) is 0 Å². The molecule has 0 bridgehead atoms. The molecule has 0 saturated carbocycles. The highest BCUT2D eigenvalue weighted by atomic mass is 32.2. The molecule has 0 aromatic carbocycles. The van der Waals surface area contributed by atoms with Gasteiger partial charge in [0.15, 0.2) is 0 Å². The molecular weight excluding hydrogens is 342 g/mol. The molecular formula is C17H17N3O4S. The Morgan fingerprint density at radius 3 is 2.96 bits per heavy atom. The summed E-state index contributed by atoms with van der Waals surface area (Å²) in [4.78, 5) is 28.2. The van der Waals surface area contributed by atoms with Crippen molar-refractivity contribution in [3.63, 3.8) is 0 Å². The van der Waals surface area contributed by atoms with Crippen LogP contribution in [0.2, 0.25) is 0 Å². The predicted molar refractivity (Wildman–Crippen MR) is 93.4 cm³/mol. The van der Waals surface area contributed by atoms with Gasteiger partial charge in [0.05, 0.1) is 17.1 Å². The van der Waals surface area contributed by atoms with Gasteiger partial charge in [0.2, 0.25) is 0 Å². The third kappa shape index (κ3) is 4.08. The zero-order valence-corrected chi connectivity index (χ0v) is 14.7. The van der Waals surface area contributed by atoms with Crippen LogP contribution in [0.1, 0.15) is 22.7 Å². The topological polar surface area (TPSA) is 86.7 Å². The third-order valence-electron chi connectivity index (χ3n) is 3.65. The molecule has 0 radical (unpaired) electrons. The van der Waals surface area contributed by atoms with Gasteiger partial charge in [-0.15, -0.1) is 11.8 Å². The Hall–Kier alpha value is -2.61. The summed E-state index contributed by atoms with van der Waals surface area (Å²) in [6.45, 7) is 3.69. The maximum absolute atomic E-state index is 12.0. The molecule has 3 aromatic heterocycles. The molecule has 0 fully saturated rings. The van der Waals surface area contributed by atoms with Crippen LogP contribution in [0.4, 0.5) is 0 Å². The Morgan fingerprint density at radius 2 is 2.20 bits per heavy atom. The number of fused-ring (bicyclic) bond motifs is 1. The normalized spacial score (nSPS) is 11.0. The minimum atomic E-state index is -0.355. The number of ether oxygens (including phenoxy) is 1. The van der Waals surface area contributed by atoms with Crippen LogP contribution >= 0.6 is 11.8 Å². The zero-order chi connectivity index (χ0) is 17.8. The highest BCUT2D eigenvalue weighted by Gasteiger charge is 2.11. The van der Waals surface area contributed by atoms with Crippen molar-refractivity contribution in [3.05, 3.63) is 63.5 Å². The fourth-order valence-corrected chi connectivity index (χ4v) is 3.29. The molecule has 7 nitrogen and oxygen atoms in total. The number of nitrogens with zero attached hydrogens (tertiary/aromatic N) is 3. The van der Waals surface area contributed by atoms with Gasteiger partial charge in [0, 0.05) is 23.6 Å². The van der Waals surface area contributed by atoms with E-state index in [0.717, 1.165) is 17.0 Å². The summed E-state index contributed by atoms with van der Waals surface area (Å²) in [5, 5.41) is 3.88. The van der Waals surface area contributed by atoms with Crippen LogP contribution in [0.25, 0.3) is 5.65 Å². The molecule has 25 heavy (non-hydrogen) atoms. The van der Waals surface area contributed by atoms with Crippen molar-refractivity contribution in [2.24, 2.45) is 0 Å². The second-order valence-corrected chi connectivity index (χ2v) is 6.46. The molecule has 0 amide bonds. The Labute approximate surface area is 148 Å². The molecule has 130 valence electrons. The molecule has 3 heterocycles. The van der Waals surface area contributed by atoms with E-state index in [1.54, 1.807) is 24.4 Å². The van der Waals surface area contributed by atoms with Gasteiger partial charge in [-0.3, -0.25) is 14.0 Å². The number of hydrogen-bond donors (Lipinski definition) is 0. The second-order valence-electron chi connectivity index (χ2n) is 5.47. The van der Waals surface area contributed by atoms with Crippen molar-refractivity contribution in [3.8, 4) is 0 Å². The van der Waals surface area contributed by atoms with E-state index in [2.05, 4.69) is 10.1 Å². The van der Waals surface area contributed by atoms with E-state index in [-0.39, 0.29) is 23.9 Å². The van der Waals surface area contributed by atoms with Gasteiger partial charge in [-0.1, -0.05) is 11.2 Å². The lowest BCUT2D eigenvalue weighted by atomic mass is 10.2. The number of esters is 1. The predicted octanol–water partition coefficient (Wildman–Crippen LogP) is 2.28. The lowest BCUT2D eigenvalue weighted by Gasteiger charge is -2.06. The smallest absolute Gasteiger partial charge is 0.316 e. The van der Waals surface area contributed by atoms with Crippen molar-refractivity contribution in [1.29, 1.82) is 0 Å². The number of hydrogen-bond acceptors (Lipinski definition) is 7. The highest BCUT2D eigenvalue weighted by molar-refractivity contribution is 7.99. The average Bonchev–Trinajstić information content (AvgIpc) is 2.92. The number of aryl methyl sites for hydroxylation is 2. The fourth-order valence-electron chi connectivity index (χ4n) is 2.32. The Kier molecular flexibility index (Phi) is 5.18. The van der Waals surface area contributed by atoms with Crippen molar-refractivity contribution in [2.75, 3.05) is 5.75 Å². The molecule has 0 aliphatic carbocycles. The zero-order valence-electron chi connectivity index (χ0n) is 13.9. The van der Waals surface area contributed by atoms with Gasteiger partial charge < -0.3 is 9.26 Å². The molecule has 3 aromatic rings. The summed E-state index contributed by atoms with van der Waals surface area (Å²) in [5.74, 6) is 1.24. The SMILES string of the molecule is Cc1noc(C)c1CSCC(=O)OCc1cc(=O)n2ccccc2n1. The number of carbonyl (C=O) groups is 1. The number of carbonyl (C=O) groups excluding carboxylic acids is 1. The van der Waals surface area contributed by atoms with Crippen LogP contribution in [0.15, 0.2) is 39.8 Å². The van der Waals surface area contributed by atoms with Crippen molar-refractivity contribution < 1.29 is 14.1 Å². The first-order valence-electron chi connectivity index (χ1n) is 7.67. The molecule has 0 atom stereocenters. The third-order valence-corrected chi connectivity index (χ3v) is 4.59. The lowest BCUT2D eigenvalue weighted by Crippen LogP contribution is -2.16. The quantitative estimate of drug-likeness (QED) is 0.624. The standard InChI is InChI=1S/C17H17N3O4S/c1-11-14(12(2)24-19-11)9-25-10-17(22)23-8-13-7-16(21)20-6-4-3-5-15(20)18-13/h3-7H,8-10H2,1-2H3. The molecule has 8 heteroatoms. The van der Waals surface area contributed by atoms with Gasteiger partial charge in [-0.2, -0.15) is 0 Å². The van der Waals surface area contributed by atoms with Crippen molar-refractivity contribution in [1.82, 2.24) is 14.5 Å². The van der Waals surface area contributed by atoms with E-state index in [4.69, 9.17) is 9.26 Å². The molecule has 0 aliphatic heterocycles. The van der Waals surface area contributed by atoms with Gasteiger partial charge in [0.1, 0.15) is 18.0 Å². The monoisotopic (exact) mass is 359 g/mol. The first-order valence-corrected chi connectivity index (χ1v) is 8.82. The van der Waals surface area contributed by atoms with Crippen LogP contribution in [-0.4, -0.2) is 26.3 Å². The largest absolute Gasteiger partial charge is 0.459 e. The summed E-state index contributed by atoms with van der Waals surface area (Å²) in [6, 6.07) is 6.65. The van der Waals surface area contributed by atoms with Gasteiger partial charge in [0.25, 0.3) is 5.56 Å². The van der Waals surface area contributed by atoms with E-state index in [0.29, 0.717) is 17.1 Å². The van der Waals surface area contributed by atoms with Crippen LogP contribution < -0.4 is 5.56 Å². The van der Waals surface area contributed by atoms with E-state index >= 15 is 0 Å². The first kappa shape index (κ1) is 17.2. The molecule has 0 aliphatic rings. The van der Waals surface area contributed by atoms with E-state index in [9.17, 15) is 9.59 Å². The maximum Gasteiger partial charge on any atom is 0.316 e. The lowest BCUT2D eigenvalue weighted by molar-refractivity contribution is -0.141. The van der Waals surface area contributed by atoms with Crippen LogP contribution in [-0.2, 0) is 21.9 Å². The molecule has 0 unspecified atom stereocenters. The van der Waals surface area contributed by atoms with Crippen molar-refractivity contribution in [2.45, 2.75) is 26.2 Å². The molecule has 3 rings (SSSR count). The minimum absolute atomic E-state index is 0.0225. The highest BCUT2D eigenvalue weighted by Crippen LogP contribution is 2.19. The summed E-state index contributed by atoms with van der Waals surface area (Å²) >= 11 is 1.43. The van der Waals surface area contributed by atoms with Gasteiger partial charge >= 0.3 is 5.97 Å². The summed E-state index contributed by atoms with van der Waals surface area (Å²) in [6.07, 6.45) is 1.64. The van der Waals surface area contributed by atoms with Gasteiger partial charge in [-0.25, -0.2) is 4.98 Å². The van der Waals surface area contributed by atoms with E-state index in [1.165, 1.54) is 22.2 Å². The number of rotatable bonds is 6. The van der Waals surface area contributed by atoms with Crippen molar-refractivity contribution >= 4 is 23.4 Å².